The number of hydrogen-bond donors (Lipinski definition) is 1. The molecule has 0 heterocycles. The highest BCUT2D eigenvalue weighted by atomic mass is 35.5. The number of rotatable bonds is 4. The number of ether oxygens (including phenoxy) is 1. The van der Waals surface area contributed by atoms with E-state index < -0.39 is 17.7 Å². The van der Waals surface area contributed by atoms with E-state index in [1.165, 1.54) is 25.3 Å². The topological polar surface area (TPSA) is 29.5 Å². The van der Waals surface area contributed by atoms with Crippen LogP contribution in [-0.4, -0.2) is 12.2 Å². The zero-order valence-electron chi connectivity index (χ0n) is 10.7. The minimum Gasteiger partial charge on any atom is -0.494 e. The van der Waals surface area contributed by atoms with E-state index >= 15 is 0 Å². The van der Waals surface area contributed by atoms with Crippen molar-refractivity contribution in [3.05, 3.63) is 64.2 Å². The van der Waals surface area contributed by atoms with E-state index in [9.17, 15) is 13.9 Å². The van der Waals surface area contributed by atoms with Gasteiger partial charge in [0.05, 0.1) is 18.2 Å². The largest absolute Gasteiger partial charge is 0.494 e. The van der Waals surface area contributed by atoms with Crippen LogP contribution in [0.1, 0.15) is 17.2 Å². The second kappa shape index (κ2) is 6.20. The summed E-state index contributed by atoms with van der Waals surface area (Å²) in [4.78, 5) is 0. The molecule has 0 aliphatic rings. The molecule has 0 spiro atoms. The van der Waals surface area contributed by atoms with Crippen LogP contribution in [0.2, 0.25) is 5.02 Å². The summed E-state index contributed by atoms with van der Waals surface area (Å²) in [6, 6.07) is 8.68. The van der Waals surface area contributed by atoms with Gasteiger partial charge in [-0.05, 0) is 29.3 Å². The van der Waals surface area contributed by atoms with Crippen molar-refractivity contribution >= 4 is 11.6 Å². The zero-order valence-corrected chi connectivity index (χ0v) is 11.5. The minimum absolute atomic E-state index is 0.0180. The Labute approximate surface area is 120 Å². The molecule has 0 bridgehead atoms. The Morgan fingerprint density at radius 2 is 2.00 bits per heavy atom. The molecule has 0 saturated carbocycles. The standard InChI is InChI=1S/C15H13ClF2O2/c1-20-14-4-2-3-10(15(14)18)8-13(19)9-5-6-11(16)12(17)7-9/h2-7,13,19H,8H2,1H3. The van der Waals surface area contributed by atoms with Gasteiger partial charge in [0.25, 0.3) is 0 Å². The van der Waals surface area contributed by atoms with Crippen molar-refractivity contribution in [2.45, 2.75) is 12.5 Å². The normalized spacial score (nSPS) is 12.2. The summed E-state index contributed by atoms with van der Waals surface area (Å²) in [5.74, 6) is -1.03. The molecule has 0 aliphatic carbocycles. The van der Waals surface area contributed by atoms with Crippen molar-refractivity contribution in [3.63, 3.8) is 0 Å². The second-order valence-corrected chi connectivity index (χ2v) is 4.73. The average molecular weight is 299 g/mol. The van der Waals surface area contributed by atoms with Crippen LogP contribution in [0.25, 0.3) is 0 Å². The molecule has 0 radical (unpaired) electrons. The summed E-state index contributed by atoms with van der Waals surface area (Å²) in [5, 5.41) is 10.0. The fraction of sp³-hybridized carbons (Fsp3) is 0.200. The molecule has 5 heteroatoms. The lowest BCUT2D eigenvalue weighted by atomic mass is 10.0. The predicted molar refractivity (Wildman–Crippen MR) is 73.0 cm³/mol. The summed E-state index contributed by atoms with van der Waals surface area (Å²) in [6.45, 7) is 0. The Kier molecular flexibility index (Phi) is 4.57. The predicted octanol–water partition coefficient (Wildman–Crippen LogP) is 3.90. The van der Waals surface area contributed by atoms with Crippen LogP contribution in [0.15, 0.2) is 36.4 Å². The quantitative estimate of drug-likeness (QED) is 0.927. The second-order valence-electron chi connectivity index (χ2n) is 4.33. The molecule has 0 saturated heterocycles. The van der Waals surface area contributed by atoms with Crippen molar-refractivity contribution in [3.8, 4) is 5.75 Å². The lowest BCUT2D eigenvalue weighted by molar-refractivity contribution is 0.176. The van der Waals surface area contributed by atoms with E-state index in [2.05, 4.69) is 0 Å². The van der Waals surface area contributed by atoms with Gasteiger partial charge in [-0.25, -0.2) is 8.78 Å². The first-order chi connectivity index (χ1) is 9.52. The molecule has 0 aromatic heterocycles. The Bertz CT molecular complexity index is 617. The molecule has 106 valence electrons. The highest BCUT2D eigenvalue weighted by molar-refractivity contribution is 6.30. The molecule has 0 amide bonds. The third-order valence-corrected chi connectivity index (χ3v) is 3.31. The van der Waals surface area contributed by atoms with Crippen molar-refractivity contribution < 1.29 is 18.6 Å². The molecule has 20 heavy (non-hydrogen) atoms. The number of methoxy groups -OCH3 is 1. The van der Waals surface area contributed by atoms with Crippen molar-refractivity contribution in [1.82, 2.24) is 0 Å². The number of benzene rings is 2. The molecule has 1 atom stereocenters. The van der Waals surface area contributed by atoms with E-state index in [4.69, 9.17) is 16.3 Å². The summed E-state index contributed by atoms with van der Waals surface area (Å²) in [7, 11) is 1.37. The smallest absolute Gasteiger partial charge is 0.168 e. The lowest BCUT2D eigenvalue weighted by Crippen LogP contribution is -2.05. The van der Waals surface area contributed by atoms with E-state index in [0.717, 1.165) is 6.07 Å². The first kappa shape index (κ1) is 14.8. The fourth-order valence-corrected chi connectivity index (χ4v) is 2.03. The molecule has 2 aromatic rings. The molecular formula is C15H13ClF2O2. The van der Waals surface area contributed by atoms with Gasteiger partial charge < -0.3 is 9.84 Å². The lowest BCUT2D eigenvalue weighted by Gasteiger charge is -2.13. The summed E-state index contributed by atoms with van der Waals surface area (Å²) < 4.78 is 32.2. The van der Waals surface area contributed by atoms with Gasteiger partial charge in [0.15, 0.2) is 11.6 Å². The van der Waals surface area contributed by atoms with Gasteiger partial charge in [0, 0.05) is 6.42 Å². The SMILES string of the molecule is COc1cccc(CC(O)c2ccc(Cl)c(F)c2)c1F. The molecule has 0 fully saturated rings. The van der Waals surface area contributed by atoms with Gasteiger partial charge >= 0.3 is 0 Å². The molecule has 2 nitrogen and oxygen atoms in total. The average Bonchev–Trinajstić information content (AvgIpc) is 2.44. The van der Waals surface area contributed by atoms with Gasteiger partial charge in [-0.15, -0.1) is 0 Å². The monoisotopic (exact) mass is 298 g/mol. The first-order valence-electron chi connectivity index (χ1n) is 5.97. The summed E-state index contributed by atoms with van der Waals surface area (Å²) in [6.07, 6.45) is -1.01. The molecule has 1 N–H and O–H groups in total. The van der Waals surface area contributed by atoms with Crippen LogP contribution in [-0.2, 0) is 6.42 Å². The van der Waals surface area contributed by atoms with Gasteiger partial charge in [0.2, 0.25) is 0 Å². The van der Waals surface area contributed by atoms with Crippen LogP contribution < -0.4 is 4.74 Å². The minimum atomic E-state index is -1.02. The van der Waals surface area contributed by atoms with E-state index in [-0.39, 0.29) is 17.2 Å². The highest BCUT2D eigenvalue weighted by Gasteiger charge is 2.15. The van der Waals surface area contributed by atoms with Crippen LogP contribution in [0.4, 0.5) is 8.78 Å². The maximum atomic E-state index is 14.0. The third kappa shape index (κ3) is 3.08. The molecule has 1 unspecified atom stereocenters. The Balaban J connectivity index is 2.23. The van der Waals surface area contributed by atoms with Crippen molar-refractivity contribution in [2.75, 3.05) is 7.11 Å². The van der Waals surface area contributed by atoms with E-state index in [1.54, 1.807) is 12.1 Å². The van der Waals surface area contributed by atoms with Gasteiger partial charge in [-0.2, -0.15) is 0 Å². The number of aliphatic hydroxyl groups is 1. The van der Waals surface area contributed by atoms with E-state index in [1.807, 2.05) is 0 Å². The van der Waals surface area contributed by atoms with Gasteiger partial charge in [-0.1, -0.05) is 29.8 Å². The van der Waals surface area contributed by atoms with Crippen LogP contribution in [0.5, 0.6) is 5.75 Å². The number of aliphatic hydroxyl groups excluding tert-OH is 1. The summed E-state index contributed by atoms with van der Waals surface area (Å²) >= 11 is 5.58. The van der Waals surface area contributed by atoms with Gasteiger partial charge in [0.1, 0.15) is 5.82 Å². The van der Waals surface area contributed by atoms with Crippen LogP contribution in [0, 0.1) is 11.6 Å². The van der Waals surface area contributed by atoms with Crippen LogP contribution >= 0.6 is 11.6 Å². The molecule has 2 rings (SSSR count). The van der Waals surface area contributed by atoms with Crippen LogP contribution in [0.3, 0.4) is 0 Å². The van der Waals surface area contributed by atoms with Gasteiger partial charge in [-0.3, -0.25) is 0 Å². The number of hydrogen-bond acceptors (Lipinski definition) is 2. The first-order valence-corrected chi connectivity index (χ1v) is 6.35. The third-order valence-electron chi connectivity index (χ3n) is 3.00. The Morgan fingerprint density at radius 1 is 1.25 bits per heavy atom. The zero-order chi connectivity index (χ0) is 14.7. The number of halogens is 3. The maximum Gasteiger partial charge on any atom is 0.168 e. The fourth-order valence-electron chi connectivity index (χ4n) is 1.92. The van der Waals surface area contributed by atoms with Crippen molar-refractivity contribution in [2.24, 2.45) is 0 Å². The molecule has 2 aromatic carbocycles. The van der Waals surface area contributed by atoms with E-state index in [0.29, 0.717) is 11.1 Å². The van der Waals surface area contributed by atoms with Crippen molar-refractivity contribution in [1.29, 1.82) is 0 Å². The highest BCUT2D eigenvalue weighted by Crippen LogP contribution is 2.26. The maximum absolute atomic E-state index is 14.0. The summed E-state index contributed by atoms with van der Waals surface area (Å²) in [5.41, 5.74) is 0.640. The molecule has 0 aliphatic heterocycles. The Hall–Kier alpha value is -1.65. The molecular weight excluding hydrogens is 286 g/mol. The Morgan fingerprint density at radius 3 is 2.65 bits per heavy atom.